The molecular formula is C15H25N3O. The van der Waals surface area contributed by atoms with E-state index >= 15 is 0 Å². The van der Waals surface area contributed by atoms with Crippen molar-refractivity contribution in [3.05, 3.63) is 29.8 Å². The van der Waals surface area contributed by atoms with Crippen LogP contribution in [0.4, 0.5) is 5.69 Å². The molecule has 0 spiro atoms. The van der Waals surface area contributed by atoms with Crippen LogP contribution >= 0.6 is 0 Å². The number of rotatable bonds is 6. The van der Waals surface area contributed by atoms with E-state index in [4.69, 9.17) is 5.73 Å². The van der Waals surface area contributed by atoms with Gasteiger partial charge in [-0.1, -0.05) is 12.1 Å². The molecule has 106 valence electrons. The molecule has 0 aromatic heterocycles. The Labute approximate surface area is 116 Å². The number of benzene rings is 1. The fraction of sp³-hybridized carbons (Fsp3) is 0.533. The number of nitrogens with zero attached hydrogens (tertiary/aromatic N) is 1. The lowest BCUT2D eigenvalue weighted by Gasteiger charge is -2.32. The molecule has 1 rings (SSSR count). The Kier molecular flexibility index (Phi) is 5.36. The number of aryl methyl sites for hydroxylation is 1. The van der Waals surface area contributed by atoms with Crippen molar-refractivity contribution in [3.63, 3.8) is 0 Å². The summed E-state index contributed by atoms with van der Waals surface area (Å²) in [5.41, 5.74) is 7.51. The number of amides is 1. The molecule has 4 nitrogen and oxygen atoms in total. The number of anilines is 1. The molecule has 0 saturated carbocycles. The summed E-state index contributed by atoms with van der Waals surface area (Å²) in [4.78, 5) is 13.9. The molecule has 0 aliphatic rings. The quantitative estimate of drug-likeness (QED) is 0.767. The van der Waals surface area contributed by atoms with Crippen LogP contribution in [0.25, 0.3) is 0 Å². The Balaban J connectivity index is 2.36. The minimum Gasteiger partial charge on any atom is -0.399 e. The van der Waals surface area contributed by atoms with Crippen LogP contribution in [-0.4, -0.2) is 37.0 Å². The summed E-state index contributed by atoms with van der Waals surface area (Å²) in [6.45, 7) is 4.85. The molecule has 1 aromatic rings. The molecule has 0 fully saturated rings. The van der Waals surface area contributed by atoms with Gasteiger partial charge in [-0.3, -0.25) is 4.79 Å². The van der Waals surface area contributed by atoms with Gasteiger partial charge < -0.3 is 16.0 Å². The summed E-state index contributed by atoms with van der Waals surface area (Å²) in [6.07, 6.45) is 1.21. The minimum atomic E-state index is -0.0349. The van der Waals surface area contributed by atoms with Crippen molar-refractivity contribution in [2.45, 2.75) is 32.2 Å². The molecule has 0 aliphatic carbocycles. The van der Waals surface area contributed by atoms with E-state index in [1.165, 1.54) is 0 Å². The van der Waals surface area contributed by atoms with E-state index in [1.54, 1.807) is 0 Å². The summed E-state index contributed by atoms with van der Waals surface area (Å²) in [6, 6.07) is 7.67. The van der Waals surface area contributed by atoms with E-state index in [9.17, 15) is 4.79 Å². The van der Waals surface area contributed by atoms with Crippen LogP contribution in [0.1, 0.15) is 25.8 Å². The number of hydrogen-bond donors (Lipinski definition) is 2. The molecule has 0 unspecified atom stereocenters. The third-order valence-corrected chi connectivity index (χ3v) is 3.52. The zero-order valence-corrected chi connectivity index (χ0v) is 12.4. The smallest absolute Gasteiger partial charge is 0.220 e. The second kappa shape index (κ2) is 6.57. The van der Waals surface area contributed by atoms with Crippen LogP contribution in [0.2, 0.25) is 0 Å². The number of likely N-dealkylation sites (N-methyl/N-ethyl adjacent to an activating group) is 1. The van der Waals surface area contributed by atoms with E-state index in [-0.39, 0.29) is 11.4 Å². The Hall–Kier alpha value is -1.55. The molecular weight excluding hydrogens is 238 g/mol. The van der Waals surface area contributed by atoms with Crippen molar-refractivity contribution >= 4 is 11.6 Å². The topological polar surface area (TPSA) is 58.4 Å². The van der Waals surface area contributed by atoms with E-state index in [1.807, 2.05) is 38.4 Å². The van der Waals surface area contributed by atoms with Gasteiger partial charge in [0.05, 0.1) is 0 Å². The van der Waals surface area contributed by atoms with Crippen LogP contribution in [0, 0.1) is 0 Å². The Morgan fingerprint density at radius 1 is 1.37 bits per heavy atom. The summed E-state index contributed by atoms with van der Waals surface area (Å²) in [5, 5.41) is 2.98. The van der Waals surface area contributed by atoms with E-state index in [0.29, 0.717) is 13.0 Å². The molecule has 4 heteroatoms. The maximum atomic E-state index is 11.8. The third-order valence-electron chi connectivity index (χ3n) is 3.52. The predicted octanol–water partition coefficient (Wildman–Crippen LogP) is 1.66. The van der Waals surface area contributed by atoms with Gasteiger partial charge >= 0.3 is 0 Å². The highest BCUT2D eigenvalue weighted by molar-refractivity contribution is 5.76. The monoisotopic (exact) mass is 263 g/mol. The van der Waals surface area contributed by atoms with Gasteiger partial charge in [0, 0.05) is 24.2 Å². The number of nitrogens with two attached hydrogens (primary N) is 1. The van der Waals surface area contributed by atoms with Gasteiger partial charge in [0.15, 0.2) is 0 Å². The lowest BCUT2D eigenvalue weighted by molar-refractivity contribution is -0.121. The SMILES string of the molecule is CN(C)C(C)(C)CNC(=O)CCc1cccc(N)c1. The molecule has 0 saturated heterocycles. The highest BCUT2D eigenvalue weighted by atomic mass is 16.1. The van der Waals surface area contributed by atoms with Crippen LogP contribution < -0.4 is 11.1 Å². The Bertz CT molecular complexity index is 427. The minimum absolute atomic E-state index is 0.0349. The second-order valence-corrected chi connectivity index (χ2v) is 5.73. The van der Waals surface area contributed by atoms with Gasteiger partial charge in [0.2, 0.25) is 5.91 Å². The van der Waals surface area contributed by atoms with Crippen molar-refractivity contribution in [1.82, 2.24) is 10.2 Å². The first-order valence-corrected chi connectivity index (χ1v) is 6.60. The van der Waals surface area contributed by atoms with Crippen LogP contribution in [0.15, 0.2) is 24.3 Å². The number of hydrogen-bond acceptors (Lipinski definition) is 3. The fourth-order valence-corrected chi connectivity index (χ4v) is 1.57. The highest BCUT2D eigenvalue weighted by Gasteiger charge is 2.20. The maximum Gasteiger partial charge on any atom is 0.220 e. The zero-order valence-electron chi connectivity index (χ0n) is 12.4. The van der Waals surface area contributed by atoms with Gasteiger partial charge in [-0.15, -0.1) is 0 Å². The highest BCUT2D eigenvalue weighted by Crippen LogP contribution is 2.10. The normalized spacial score (nSPS) is 11.6. The lowest BCUT2D eigenvalue weighted by Crippen LogP contribution is -2.48. The van der Waals surface area contributed by atoms with E-state index in [0.717, 1.165) is 17.7 Å². The maximum absolute atomic E-state index is 11.8. The van der Waals surface area contributed by atoms with Crippen molar-refractivity contribution in [2.75, 3.05) is 26.4 Å². The van der Waals surface area contributed by atoms with Gasteiger partial charge in [0.25, 0.3) is 0 Å². The van der Waals surface area contributed by atoms with Gasteiger partial charge in [-0.2, -0.15) is 0 Å². The zero-order chi connectivity index (χ0) is 14.5. The summed E-state index contributed by atoms with van der Waals surface area (Å²) >= 11 is 0. The first-order valence-electron chi connectivity index (χ1n) is 6.60. The molecule has 0 aliphatic heterocycles. The van der Waals surface area contributed by atoms with Crippen LogP contribution in [0.5, 0.6) is 0 Å². The van der Waals surface area contributed by atoms with E-state index < -0.39 is 0 Å². The van der Waals surface area contributed by atoms with Crippen molar-refractivity contribution in [3.8, 4) is 0 Å². The molecule has 0 atom stereocenters. The largest absolute Gasteiger partial charge is 0.399 e. The molecule has 3 N–H and O–H groups in total. The average Bonchev–Trinajstić information content (AvgIpc) is 2.34. The molecule has 19 heavy (non-hydrogen) atoms. The summed E-state index contributed by atoms with van der Waals surface area (Å²) in [5.74, 6) is 0.0809. The molecule has 0 heterocycles. The van der Waals surface area contributed by atoms with Crippen LogP contribution in [0.3, 0.4) is 0 Å². The Morgan fingerprint density at radius 3 is 2.63 bits per heavy atom. The number of nitrogen functional groups attached to an aromatic ring is 1. The number of nitrogens with one attached hydrogen (secondary N) is 1. The van der Waals surface area contributed by atoms with Crippen molar-refractivity contribution in [1.29, 1.82) is 0 Å². The van der Waals surface area contributed by atoms with Gasteiger partial charge in [-0.25, -0.2) is 0 Å². The first kappa shape index (κ1) is 15.5. The number of carbonyl (C=O) groups is 1. The summed E-state index contributed by atoms with van der Waals surface area (Å²) in [7, 11) is 4.03. The average molecular weight is 263 g/mol. The van der Waals surface area contributed by atoms with Crippen molar-refractivity contribution < 1.29 is 4.79 Å². The second-order valence-electron chi connectivity index (χ2n) is 5.73. The van der Waals surface area contributed by atoms with E-state index in [2.05, 4.69) is 24.1 Å². The predicted molar refractivity (Wildman–Crippen MR) is 80.0 cm³/mol. The van der Waals surface area contributed by atoms with Crippen molar-refractivity contribution in [2.24, 2.45) is 0 Å². The Morgan fingerprint density at radius 2 is 2.05 bits per heavy atom. The van der Waals surface area contributed by atoms with Gasteiger partial charge in [-0.05, 0) is 52.1 Å². The standard InChI is InChI=1S/C15H25N3O/c1-15(2,18(3)4)11-17-14(19)9-8-12-6-5-7-13(16)10-12/h5-7,10H,8-9,11,16H2,1-4H3,(H,17,19). The molecule has 0 bridgehead atoms. The van der Waals surface area contributed by atoms with Gasteiger partial charge in [0.1, 0.15) is 0 Å². The number of carbonyl (C=O) groups excluding carboxylic acids is 1. The summed E-state index contributed by atoms with van der Waals surface area (Å²) < 4.78 is 0. The lowest BCUT2D eigenvalue weighted by atomic mass is 10.0. The molecule has 0 radical (unpaired) electrons. The molecule has 1 aromatic carbocycles. The first-order chi connectivity index (χ1) is 8.81. The van der Waals surface area contributed by atoms with Crippen LogP contribution in [-0.2, 0) is 11.2 Å². The molecule has 1 amide bonds. The fourth-order valence-electron chi connectivity index (χ4n) is 1.57. The third kappa shape index (κ3) is 5.30.